The van der Waals surface area contributed by atoms with Crippen LogP contribution in [0.15, 0.2) is 45.9 Å². The molecule has 0 bridgehead atoms. The van der Waals surface area contributed by atoms with Crippen molar-refractivity contribution >= 4 is 26.0 Å². The molecule has 0 fully saturated rings. The molecule has 1 heterocycles. The van der Waals surface area contributed by atoms with E-state index in [1.807, 2.05) is 13.1 Å². The third-order valence-corrected chi connectivity index (χ3v) is 4.73. The van der Waals surface area contributed by atoms with Crippen LogP contribution in [0.5, 0.6) is 0 Å². The van der Waals surface area contributed by atoms with Gasteiger partial charge in [0.15, 0.2) is 0 Å². The van der Waals surface area contributed by atoms with Crippen LogP contribution in [0.4, 0.5) is 0 Å². The van der Waals surface area contributed by atoms with E-state index in [0.29, 0.717) is 13.0 Å². The molecule has 0 aliphatic carbocycles. The Bertz CT molecular complexity index is 650. The van der Waals surface area contributed by atoms with Gasteiger partial charge in [-0.05, 0) is 30.3 Å². The molecule has 7 heteroatoms. The van der Waals surface area contributed by atoms with Gasteiger partial charge in [-0.3, -0.25) is 4.68 Å². The molecular weight excluding hydrogens is 330 g/mol. The van der Waals surface area contributed by atoms with Gasteiger partial charge in [0.05, 0.1) is 4.90 Å². The number of aryl methyl sites for hydroxylation is 1. The minimum atomic E-state index is -3.44. The first-order valence-electron chi connectivity index (χ1n) is 5.71. The first-order valence-corrected chi connectivity index (χ1v) is 7.99. The third kappa shape index (κ3) is 3.65. The normalized spacial score (nSPS) is 11.7. The largest absolute Gasteiger partial charge is 0.273 e. The van der Waals surface area contributed by atoms with Gasteiger partial charge in [-0.2, -0.15) is 5.10 Å². The quantitative estimate of drug-likeness (QED) is 0.898. The van der Waals surface area contributed by atoms with E-state index in [2.05, 4.69) is 25.8 Å². The van der Waals surface area contributed by atoms with Gasteiger partial charge in [0, 0.05) is 36.4 Å². The molecule has 1 aromatic heterocycles. The lowest BCUT2D eigenvalue weighted by molar-refractivity contribution is 0.579. The summed E-state index contributed by atoms with van der Waals surface area (Å²) in [6.07, 6.45) is 2.30. The number of halogens is 1. The lowest BCUT2D eigenvalue weighted by Crippen LogP contribution is -2.26. The smallest absolute Gasteiger partial charge is 0.240 e. The van der Waals surface area contributed by atoms with Crippen LogP contribution in [0, 0.1) is 0 Å². The van der Waals surface area contributed by atoms with E-state index >= 15 is 0 Å². The lowest BCUT2D eigenvalue weighted by Gasteiger charge is -2.07. The Morgan fingerprint density at radius 3 is 2.53 bits per heavy atom. The average molecular weight is 344 g/mol. The molecule has 0 aliphatic heterocycles. The molecule has 0 unspecified atom stereocenters. The van der Waals surface area contributed by atoms with Crippen molar-refractivity contribution < 1.29 is 8.42 Å². The van der Waals surface area contributed by atoms with Crippen molar-refractivity contribution in [1.82, 2.24) is 14.5 Å². The average Bonchev–Trinajstić information content (AvgIpc) is 2.75. The SMILES string of the molecule is Cn1nccc1CCNS(=O)(=O)c1ccc(Br)cc1. The number of rotatable bonds is 5. The van der Waals surface area contributed by atoms with Crippen LogP contribution in [0.25, 0.3) is 0 Å². The summed E-state index contributed by atoms with van der Waals surface area (Å²) in [5, 5.41) is 4.03. The summed E-state index contributed by atoms with van der Waals surface area (Å²) in [4.78, 5) is 0.265. The zero-order chi connectivity index (χ0) is 13.9. The maximum atomic E-state index is 12.0. The number of nitrogens with one attached hydrogen (secondary N) is 1. The minimum absolute atomic E-state index is 0.265. The van der Waals surface area contributed by atoms with E-state index in [1.54, 1.807) is 35.1 Å². The molecule has 0 spiro atoms. The van der Waals surface area contributed by atoms with E-state index < -0.39 is 10.0 Å². The number of sulfonamides is 1. The third-order valence-electron chi connectivity index (χ3n) is 2.72. The van der Waals surface area contributed by atoms with Crippen LogP contribution in [-0.4, -0.2) is 24.7 Å². The van der Waals surface area contributed by atoms with E-state index in [9.17, 15) is 8.42 Å². The van der Waals surface area contributed by atoms with Gasteiger partial charge in [-0.25, -0.2) is 13.1 Å². The van der Waals surface area contributed by atoms with E-state index in [1.165, 1.54) is 0 Å². The summed E-state index contributed by atoms with van der Waals surface area (Å²) in [6.45, 7) is 0.345. The number of hydrogen-bond acceptors (Lipinski definition) is 3. The standard InChI is InChI=1S/C12H14BrN3O2S/c1-16-11(6-8-14-16)7-9-15-19(17,18)12-4-2-10(13)3-5-12/h2-6,8,15H,7,9H2,1H3. The number of nitrogens with zero attached hydrogens (tertiary/aromatic N) is 2. The van der Waals surface area contributed by atoms with Crippen molar-refractivity contribution in [2.24, 2.45) is 7.05 Å². The van der Waals surface area contributed by atoms with Gasteiger partial charge in [0.1, 0.15) is 0 Å². The molecule has 0 atom stereocenters. The Morgan fingerprint density at radius 2 is 1.95 bits per heavy atom. The fourth-order valence-electron chi connectivity index (χ4n) is 1.66. The second-order valence-electron chi connectivity index (χ2n) is 4.05. The highest BCUT2D eigenvalue weighted by Gasteiger charge is 2.13. The highest BCUT2D eigenvalue weighted by molar-refractivity contribution is 9.10. The number of hydrogen-bond donors (Lipinski definition) is 1. The monoisotopic (exact) mass is 343 g/mol. The Kier molecular flexibility index (Phi) is 4.38. The summed E-state index contributed by atoms with van der Waals surface area (Å²) in [7, 11) is -1.61. The van der Waals surface area contributed by atoms with Crippen LogP contribution in [0.2, 0.25) is 0 Å². The van der Waals surface area contributed by atoms with E-state index in [4.69, 9.17) is 0 Å². The summed E-state index contributed by atoms with van der Waals surface area (Å²) in [6, 6.07) is 8.41. The number of benzene rings is 1. The maximum absolute atomic E-state index is 12.0. The van der Waals surface area contributed by atoms with Crippen molar-refractivity contribution in [3.8, 4) is 0 Å². The zero-order valence-electron chi connectivity index (χ0n) is 10.4. The van der Waals surface area contributed by atoms with Gasteiger partial charge >= 0.3 is 0 Å². The fourth-order valence-corrected chi connectivity index (χ4v) is 2.95. The van der Waals surface area contributed by atoms with Crippen LogP contribution in [0.1, 0.15) is 5.69 Å². The van der Waals surface area contributed by atoms with Crippen LogP contribution < -0.4 is 4.72 Å². The first-order chi connectivity index (χ1) is 8.99. The predicted octanol–water partition coefficient (Wildman–Crippen LogP) is 1.70. The first kappa shape index (κ1) is 14.2. The van der Waals surface area contributed by atoms with Gasteiger partial charge in [-0.15, -0.1) is 0 Å². The molecule has 2 aromatic rings. The fraction of sp³-hybridized carbons (Fsp3) is 0.250. The summed E-state index contributed by atoms with van der Waals surface area (Å²) < 4.78 is 29.2. The van der Waals surface area contributed by atoms with Gasteiger partial charge < -0.3 is 0 Å². The molecule has 1 N–H and O–H groups in total. The molecule has 5 nitrogen and oxygen atoms in total. The van der Waals surface area contributed by atoms with Gasteiger partial charge in [-0.1, -0.05) is 15.9 Å². The van der Waals surface area contributed by atoms with E-state index in [0.717, 1.165) is 10.2 Å². The number of aromatic nitrogens is 2. The summed E-state index contributed by atoms with van der Waals surface area (Å²) in [5.74, 6) is 0. The lowest BCUT2D eigenvalue weighted by atomic mass is 10.3. The summed E-state index contributed by atoms with van der Waals surface area (Å²) >= 11 is 3.27. The molecule has 102 valence electrons. The molecule has 0 aliphatic rings. The second-order valence-corrected chi connectivity index (χ2v) is 6.73. The van der Waals surface area contributed by atoms with Gasteiger partial charge in [0.25, 0.3) is 0 Å². The van der Waals surface area contributed by atoms with Gasteiger partial charge in [0.2, 0.25) is 10.0 Å². The highest BCUT2D eigenvalue weighted by atomic mass is 79.9. The van der Waals surface area contributed by atoms with Crippen LogP contribution in [-0.2, 0) is 23.5 Å². The zero-order valence-corrected chi connectivity index (χ0v) is 12.8. The maximum Gasteiger partial charge on any atom is 0.240 e. The molecule has 2 rings (SSSR count). The molecule has 0 amide bonds. The van der Waals surface area contributed by atoms with Crippen molar-refractivity contribution in [3.05, 3.63) is 46.7 Å². The second kappa shape index (κ2) is 5.85. The Balaban J connectivity index is 1.98. The molecule has 0 saturated carbocycles. The van der Waals surface area contributed by atoms with Crippen molar-refractivity contribution in [1.29, 1.82) is 0 Å². The van der Waals surface area contributed by atoms with Crippen LogP contribution >= 0.6 is 15.9 Å². The highest BCUT2D eigenvalue weighted by Crippen LogP contribution is 2.14. The van der Waals surface area contributed by atoms with Crippen LogP contribution in [0.3, 0.4) is 0 Å². The molecule has 1 aromatic carbocycles. The predicted molar refractivity (Wildman–Crippen MR) is 76.2 cm³/mol. The molecule has 19 heavy (non-hydrogen) atoms. The van der Waals surface area contributed by atoms with Crippen molar-refractivity contribution in [2.45, 2.75) is 11.3 Å². The topological polar surface area (TPSA) is 64.0 Å². The Labute approximate surface area is 120 Å². The molecular formula is C12H14BrN3O2S. The Hall–Kier alpha value is -1.18. The van der Waals surface area contributed by atoms with Crippen molar-refractivity contribution in [2.75, 3.05) is 6.54 Å². The van der Waals surface area contributed by atoms with Crippen molar-refractivity contribution in [3.63, 3.8) is 0 Å². The van der Waals surface area contributed by atoms with E-state index in [-0.39, 0.29) is 4.90 Å². The molecule has 0 radical (unpaired) electrons. The minimum Gasteiger partial charge on any atom is -0.273 e. The Morgan fingerprint density at radius 1 is 1.26 bits per heavy atom. The summed E-state index contributed by atoms with van der Waals surface area (Å²) in [5.41, 5.74) is 0.985. The molecule has 0 saturated heterocycles.